The van der Waals surface area contributed by atoms with Crippen LogP contribution in [0.3, 0.4) is 0 Å². The molecular weight excluding hydrogens is 350 g/mol. The van der Waals surface area contributed by atoms with Crippen molar-refractivity contribution in [3.63, 3.8) is 0 Å². The van der Waals surface area contributed by atoms with Crippen LogP contribution in [0.2, 0.25) is 0 Å². The van der Waals surface area contributed by atoms with Gasteiger partial charge in [0.05, 0.1) is 11.5 Å². The number of amidine groups is 1. The van der Waals surface area contributed by atoms with Crippen molar-refractivity contribution < 1.29 is 4.79 Å². The number of carbonyl (C=O) groups excluding carboxylic acids is 1. The van der Waals surface area contributed by atoms with Gasteiger partial charge < -0.3 is 0 Å². The van der Waals surface area contributed by atoms with Gasteiger partial charge in [-0.2, -0.15) is 5.10 Å². The van der Waals surface area contributed by atoms with Crippen LogP contribution in [0.4, 0.5) is 0 Å². The van der Waals surface area contributed by atoms with Gasteiger partial charge in [-0.15, -0.1) is 23.0 Å². The van der Waals surface area contributed by atoms with Crippen LogP contribution in [0.25, 0.3) is 0 Å². The highest BCUT2D eigenvalue weighted by molar-refractivity contribution is 8.15. The lowest BCUT2D eigenvalue weighted by atomic mass is 10.1. The molecule has 4 nitrogen and oxygen atoms in total. The number of rotatable bonds is 6. The predicted molar refractivity (Wildman–Crippen MR) is 108 cm³/mol. The van der Waals surface area contributed by atoms with Crippen molar-refractivity contribution in [2.45, 2.75) is 18.6 Å². The second-order valence-electron chi connectivity index (χ2n) is 5.68. The zero-order valence-electron chi connectivity index (χ0n) is 14.0. The van der Waals surface area contributed by atoms with Crippen LogP contribution < -0.4 is 0 Å². The third-order valence-electron chi connectivity index (χ3n) is 3.71. The van der Waals surface area contributed by atoms with Crippen LogP contribution in [0.1, 0.15) is 16.0 Å². The molecule has 0 radical (unpaired) electrons. The van der Waals surface area contributed by atoms with E-state index >= 15 is 0 Å². The van der Waals surface area contributed by atoms with Gasteiger partial charge in [-0.3, -0.25) is 9.69 Å². The van der Waals surface area contributed by atoms with Crippen molar-refractivity contribution in [1.29, 1.82) is 0 Å². The Bertz CT molecular complexity index is 812. The number of hydrogen-bond donors (Lipinski definition) is 0. The number of hydrogen-bond acceptors (Lipinski definition) is 5. The largest absolute Gasteiger partial charge is 0.285 e. The summed E-state index contributed by atoms with van der Waals surface area (Å²) in [6, 6.07) is 12.2. The lowest BCUT2D eigenvalue weighted by molar-refractivity contribution is -0.125. The molecule has 1 aromatic carbocycles. The molecule has 0 aliphatic carbocycles. The highest BCUT2D eigenvalue weighted by Crippen LogP contribution is 2.30. The normalized spacial score (nSPS) is 19.2. The van der Waals surface area contributed by atoms with E-state index in [0.29, 0.717) is 18.1 Å². The number of nitrogens with zero attached hydrogens (tertiary/aromatic N) is 3. The molecule has 0 spiro atoms. The maximum Gasteiger partial charge on any atom is 0.242 e. The van der Waals surface area contributed by atoms with Gasteiger partial charge in [0.2, 0.25) is 5.91 Å². The molecule has 1 fully saturated rings. The molecule has 3 rings (SSSR count). The smallest absolute Gasteiger partial charge is 0.242 e. The van der Waals surface area contributed by atoms with E-state index in [2.05, 4.69) is 41.9 Å². The molecule has 6 heteroatoms. The Morgan fingerprint density at radius 3 is 2.92 bits per heavy atom. The lowest BCUT2D eigenvalue weighted by Gasteiger charge is -2.13. The maximum atomic E-state index is 12.7. The highest BCUT2D eigenvalue weighted by Gasteiger charge is 2.37. The minimum Gasteiger partial charge on any atom is -0.285 e. The Labute approximate surface area is 156 Å². The van der Waals surface area contributed by atoms with Gasteiger partial charge in [0.1, 0.15) is 0 Å². The molecule has 0 N–H and O–H groups in total. The van der Waals surface area contributed by atoms with Crippen molar-refractivity contribution in [1.82, 2.24) is 4.90 Å². The fraction of sp³-hybridized carbons (Fsp3) is 0.211. The first-order chi connectivity index (χ1) is 12.2. The Morgan fingerprint density at radius 1 is 1.32 bits per heavy atom. The van der Waals surface area contributed by atoms with Crippen LogP contribution in [0.15, 0.2) is 64.6 Å². The van der Waals surface area contributed by atoms with E-state index in [1.54, 1.807) is 28.5 Å². The number of amides is 1. The first-order valence-corrected chi connectivity index (χ1v) is 9.72. The molecular formula is C19H19N3OS2. The lowest BCUT2D eigenvalue weighted by Crippen LogP contribution is -2.32. The molecule has 1 saturated heterocycles. The van der Waals surface area contributed by atoms with Crippen LogP contribution in [-0.4, -0.2) is 34.0 Å². The number of aryl methyl sites for hydroxylation is 1. The van der Waals surface area contributed by atoms with E-state index in [9.17, 15) is 4.79 Å². The molecule has 0 saturated carbocycles. The average Bonchev–Trinajstić information content (AvgIpc) is 3.20. The number of thiophene rings is 1. The van der Waals surface area contributed by atoms with Crippen molar-refractivity contribution >= 4 is 40.4 Å². The van der Waals surface area contributed by atoms with Crippen molar-refractivity contribution in [3.05, 3.63) is 70.4 Å². The fourth-order valence-corrected chi connectivity index (χ4v) is 4.29. The first-order valence-electron chi connectivity index (χ1n) is 7.96. The Kier molecular flexibility index (Phi) is 5.83. The molecule has 25 heavy (non-hydrogen) atoms. The fourth-order valence-electron chi connectivity index (χ4n) is 2.57. The Morgan fingerprint density at radius 2 is 2.20 bits per heavy atom. The minimum absolute atomic E-state index is 0.0662. The van der Waals surface area contributed by atoms with Gasteiger partial charge in [-0.25, -0.2) is 0 Å². The standard InChI is InChI=1S/C19H19N3OS2/c1-3-9-22-18(23)17(12-15-7-4-6-14(2)11-15)25-19(22)21-20-13-16-8-5-10-24-16/h3-8,10-11,13,17H,1,9,12H2,2H3/b20-13-,21-19-/t17-/m0/s1. The van der Waals surface area contributed by atoms with Crippen molar-refractivity contribution in [3.8, 4) is 0 Å². The summed E-state index contributed by atoms with van der Waals surface area (Å²) in [5, 5.41) is 10.9. The second kappa shape index (κ2) is 8.27. The Hall–Kier alpha value is -2.18. The van der Waals surface area contributed by atoms with Gasteiger partial charge in [0.25, 0.3) is 0 Å². The van der Waals surface area contributed by atoms with Gasteiger partial charge in [-0.05, 0) is 30.4 Å². The van der Waals surface area contributed by atoms with E-state index in [4.69, 9.17) is 0 Å². The van der Waals surface area contributed by atoms with Gasteiger partial charge in [0, 0.05) is 11.4 Å². The van der Waals surface area contributed by atoms with Gasteiger partial charge in [0.15, 0.2) is 5.17 Å². The summed E-state index contributed by atoms with van der Waals surface area (Å²) in [4.78, 5) is 15.4. The third kappa shape index (κ3) is 4.46. The quantitative estimate of drug-likeness (QED) is 0.437. The second-order valence-corrected chi connectivity index (χ2v) is 7.83. The maximum absolute atomic E-state index is 12.7. The molecule has 1 atom stereocenters. The molecule has 1 aromatic heterocycles. The molecule has 0 unspecified atom stereocenters. The topological polar surface area (TPSA) is 45.0 Å². The summed E-state index contributed by atoms with van der Waals surface area (Å²) in [7, 11) is 0. The molecule has 1 amide bonds. The average molecular weight is 370 g/mol. The van der Waals surface area contributed by atoms with Crippen LogP contribution in [-0.2, 0) is 11.2 Å². The Balaban J connectivity index is 1.76. The molecule has 128 valence electrons. The molecule has 2 heterocycles. The summed E-state index contributed by atoms with van der Waals surface area (Å²) in [6.45, 7) is 6.25. The SMILES string of the molecule is C=CCN1C(=O)[C@H](Cc2cccc(C)c2)S/C1=N\N=C/c1cccs1. The molecule has 2 aromatic rings. The summed E-state index contributed by atoms with van der Waals surface area (Å²) in [5.41, 5.74) is 2.36. The predicted octanol–water partition coefficient (Wildman–Crippen LogP) is 4.12. The summed E-state index contributed by atoms with van der Waals surface area (Å²) in [6.07, 6.45) is 4.11. The zero-order chi connectivity index (χ0) is 17.6. The number of carbonyl (C=O) groups is 1. The van der Waals surface area contributed by atoms with Crippen LogP contribution in [0, 0.1) is 6.92 Å². The van der Waals surface area contributed by atoms with E-state index in [1.807, 2.05) is 23.6 Å². The summed E-state index contributed by atoms with van der Waals surface area (Å²) >= 11 is 3.07. The molecule has 0 bridgehead atoms. The highest BCUT2D eigenvalue weighted by atomic mass is 32.2. The third-order valence-corrected chi connectivity index (χ3v) is 5.68. The zero-order valence-corrected chi connectivity index (χ0v) is 15.6. The molecule has 1 aliphatic heterocycles. The summed E-state index contributed by atoms with van der Waals surface area (Å²) < 4.78 is 0. The number of thioether (sulfide) groups is 1. The summed E-state index contributed by atoms with van der Waals surface area (Å²) in [5.74, 6) is 0.0662. The van der Waals surface area contributed by atoms with Crippen LogP contribution >= 0.6 is 23.1 Å². The van der Waals surface area contributed by atoms with Crippen LogP contribution in [0.5, 0.6) is 0 Å². The van der Waals surface area contributed by atoms with E-state index in [0.717, 1.165) is 10.4 Å². The van der Waals surface area contributed by atoms with Gasteiger partial charge >= 0.3 is 0 Å². The number of benzene rings is 1. The van der Waals surface area contributed by atoms with Crippen molar-refractivity contribution in [2.24, 2.45) is 10.2 Å². The van der Waals surface area contributed by atoms with Gasteiger partial charge in [-0.1, -0.05) is 53.7 Å². The first kappa shape index (κ1) is 17.6. The minimum atomic E-state index is -0.169. The monoisotopic (exact) mass is 369 g/mol. The van der Waals surface area contributed by atoms with E-state index in [-0.39, 0.29) is 11.2 Å². The van der Waals surface area contributed by atoms with E-state index < -0.39 is 0 Å². The van der Waals surface area contributed by atoms with E-state index in [1.165, 1.54) is 17.3 Å². The molecule has 1 aliphatic rings. The van der Waals surface area contributed by atoms with Crippen molar-refractivity contribution in [2.75, 3.05) is 6.54 Å².